The maximum Gasteiger partial charge on any atom is 0.416 e. The molecular formula is C17H19F3N4O2. The van der Waals surface area contributed by atoms with Crippen molar-refractivity contribution >= 4 is 11.6 Å². The molecule has 9 heteroatoms. The Morgan fingerprint density at radius 1 is 1.27 bits per heavy atom. The molecule has 1 aliphatic rings. The van der Waals surface area contributed by atoms with E-state index in [-0.39, 0.29) is 17.5 Å². The molecule has 140 valence electrons. The molecule has 2 N–H and O–H groups in total. The zero-order valence-corrected chi connectivity index (χ0v) is 14.2. The quantitative estimate of drug-likeness (QED) is 0.902. The summed E-state index contributed by atoms with van der Waals surface area (Å²) in [5.74, 6) is 0.0142. The van der Waals surface area contributed by atoms with Crippen LogP contribution >= 0.6 is 0 Å². The summed E-state index contributed by atoms with van der Waals surface area (Å²) < 4.78 is 43.7. The van der Waals surface area contributed by atoms with Crippen LogP contribution in [0.1, 0.15) is 34.9 Å². The van der Waals surface area contributed by atoms with Crippen molar-refractivity contribution in [3.8, 4) is 0 Å². The number of halogens is 3. The molecule has 1 aromatic carbocycles. The van der Waals surface area contributed by atoms with Gasteiger partial charge in [0.2, 0.25) is 5.89 Å². The number of hydrogen-bond donors (Lipinski definition) is 1. The monoisotopic (exact) mass is 368 g/mol. The zero-order chi connectivity index (χ0) is 18.9. The van der Waals surface area contributed by atoms with Crippen LogP contribution in [0.5, 0.6) is 0 Å². The number of oxazole rings is 1. The number of aromatic nitrogens is 1. The molecule has 3 rings (SSSR count). The number of alkyl halides is 3. The van der Waals surface area contributed by atoms with Gasteiger partial charge in [0.1, 0.15) is 6.26 Å². The van der Waals surface area contributed by atoms with Crippen molar-refractivity contribution in [2.45, 2.75) is 19.1 Å². The molecule has 0 radical (unpaired) electrons. The summed E-state index contributed by atoms with van der Waals surface area (Å²) in [5, 5.41) is 0. The summed E-state index contributed by atoms with van der Waals surface area (Å²) in [7, 11) is 0. The largest absolute Gasteiger partial charge is 0.446 e. The van der Waals surface area contributed by atoms with E-state index in [1.165, 1.54) is 12.3 Å². The molecule has 1 saturated heterocycles. The summed E-state index contributed by atoms with van der Waals surface area (Å²) in [6.07, 6.45) is -3.10. The summed E-state index contributed by atoms with van der Waals surface area (Å²) in [5.41, 5.74) is 5.66. The topological polar surface area (TPSA) is 75.6 Å². The van der Waals surface area contributed by atoms with Gasteiger partial charge in [0, 0.05) is 31.9 Å². The van der Waals surface area contributed by atoms with Crippen molar-refractivity contribution in [1.29, 1.82) is 0 Å². The Kier molecular flexibility index (Phi) is 4.90. The molecule has 2 aromatic rings. The van der Waals surface area contributed by atoms with Crippen molar-refractivity contribution in [2.24, 2.45) is 5.73 Å². The third kappa shape index (κ3) is 3.82. The number of nitrogens with two attached hydrogens (primary N) is 1. The van der Waals surface area contributed by atoms with Crippen molar-refractivity contribution in [3.63, 3.8) is 0 Å². The molecule has 0 bridgehead atoms. The van der Waals surface area contributed by atoms with Gasteiger partial charge in [-0.05, 0) is 25.1 Å². The lowest BCUT2D eigenvalue weighted by atomic mass is 10.1. The predicted octanol–water partition coefficient (Wildman–Crippen LogP) is 2.68. The fraction of sp³-hybridized carbons (Fsp3) is 0.412. The average Bonchev–Trinajstić information content (AvgIpc) is 3.11. The first-order chi connectivity index (χ1) is 12.3. The second-order valence-corrected chi connectivity index (χ2v) is 6.19. The first-order valence-electron chi connectivity index (χ1n) is 8.18. The van der Waals surface area contributed by atoms with E-state index < -0.39 is 17.8 Å². The lowest BCUT2D eigenvalue weighted by molar-refractivity contribution is -0.137. The van der Waals surface area contributed by atoms with Gasteiger partial charge in [0.25, 0.3) is 5.91 Å². The van der Waals surface area contributed by atoms with Crippen LogP contribution in [-0.2, 0) is 6.18 Å². The Morgan fingerprint density at radius 3 is 2.54 bits per heavy atom. The number of carbonyl (C=O) groups excluding carboxylic acids is 1. The third-order valence-corrected chi connectivity index (χ3v) is 4.24. The van der Waals surface area contributed by atoms with E-state index in [0.29, 0.717) is 31.9 Å². The van der Waals surface area contributed by atoms with Gasteiger partial charge in [-0.3, -0.25) is 4.79 Å². The second kappa shape index (κ2) is 6.99. The summed E-state index contributed by atoms with van der Waals surface area (Å²) in [6.45, 7) is 3.34. The number of anilines is 1. The molecule has 26 heavy (non-hydrogen) atoms. The van der Waals surface area contributed by atoms with Crippen LogP contribution < -0.4 is 10.6 Å². The van der Waals surface area contributed by atoms with E-state index in [0.717, 1.165) is 12.1 Å². The Labute approximate surface area is 148 Å². The van der Waals surface area contributed by atoms with Gasteiger partial charge in [-0.25, -0.2) is 4.98 Å². The number of piperazine rings is 1. The van der Waals surface area contributed by atoms with Crippen LogP contribution in [0.4, 0.5) is 18.9 Å². The molecule has 0 saturated carbocycles. The van der Waals surface area contributed by atoms with Crippen molar-refractivity contribution in [2.75, 3.05) is 31.1 Å². The maximum atomic E-state index is 12.9. The fourth-order valence-corrected chi connectivity index (χ4v) is 2.80. The van der Waals surface area contributed by atoms with E-state index in [1.54, 1.807) is 17.9 Å². The van der Waals surface area contributed by atoms with E-state index in [9.17, 15) is 18.0 Å². The first kappa shape index (κ1) is 18.2. The van der Waals surface area contributed by atoms with Gasteiger partial charge in [-0.15, -0.1) is 0 Å². The molecule has 1 atom stereocenters. The molecule has 1 unspecified atom stereocenters. The molecule has 1 fully saturated rings. The van der Waals surface area contributed by atoms with Crippen LogP contribution in [0, 0.1) is 0 Å². The van der Waals surface area contributed by atoms with E-state index >= 15 is 0 Å². The van der Waals surface area contributed by atoms with E-state index in [4.69, 9.17) is 10.2 Å². The smallest absolute Gasteiger partial charge is 0.416 e. The normalized spacial score (nSPS) is 16.7. The maximum absolute atomic E-state index is 12.9. The number of hydrogen-bond acceptors (Lipinski definition) is 5. The molecule has 6 nitrogen and oxygen atoms in total. The average molecular weight is 368 g/mol. The minimum Gasteiger partial charge on any atom is -0.446 e. The highest BCUT2D eigenvalue weighted by Gasteiger charge is 2.31. The van der Waals surface area contributed by atoms with Gasteiger partial charge in [-0.2, -0.15) is 13.2 Å². The summed E-state index contributed by atoms with van der Waals surface area (Å²) >= 11 is 0. The SMILES string of the molecule is CC(N)c1nc(C(=O)N2CCN(c3cccc(C(F)(F)F)c3)CC2)co1. The molecule has 1 aromatic heterocycles. The molecule has 2 heterocycles. The van der Waals surface area contributed by atoms with Crippen LogP contribution in [-0.4, -0.2) is 42.0 Å². The third-order valence-electron chi connectivity index (χ3n) is 4.24. The van der Waals surface area contributed by atoms with Gasteiger partial charge < -0.3 is 20.0 Å². The van der Waals surface area contributed by atoms with Gasteiger partial charge >= 0.3 is 6.18 Å². The second-order valence-electron chi connectivity index (χ2n) is 6.19. The summed E-state index contributed by atoms with van der Waals surface area (Å²) in [6, 6.07) is 4.79. The Bertz CT molecular complexity index is 780. The van der Waals surface area contributed by atoms with Crippen molar-refractivity contribution < 1.29 is 22.4 Å². The zero-order valence-electron chi connectivity index (χ0n) is 14.2. The number of rotatable bonds is 3. The Balaban J connectivity index is 1.64. The molecule has 0 spiro atoms. The number of carbonyl (C=O) groups is 1. The first-order valence-corrected chi connectivity index (χ1v) is 8.18. The van der Waals surface area contributed by atoms with E-state index in [1.807, 2.05) is 4.90 Å². The Hall–Kier alpha value is -2.55. The number of amides is 1. The molecule has 1 aliphatic heterocycles. The van der Waals surface area contributed by atoms with Crippen molar-refractivity contribution in [1.82, 2.24) is 9.88 Å². The van der Waals surface area contributed by atoms with Crippen LogP contribution in [0.25, 0.3) is 0 Å². The van der Waals surface area contributed by atoms with Gasteiger partial charge in [0.05, 0.1) is 11.6 Å². The highest BCUT2D eigenvalue weighted by molar-refractivity contribution is 5.92. The van der Waals surface area contributed by atoms with Crippen LogP contribution in [0.15, 0.2) is 34.9 Å². The standard InChI is InChI=1S/C17H19F3N4O2/c1-11(21)15-22-14(10-26-15)16(25)24-7-5-23(6-8-24)13-4-2-3-12(9-13)17(18,19)20/h2-4,9-11H,5-8,21H2,1H3. The summed E-state index contributed by atoms with van der Waals surface area (Å²) in [4.78, 5) is 20.0. The van der Waals surface area contributed by atoms with Gasteiger partial charge in [0.15, 0.2) is 5.69 Å². The predicted molar refractivity (Wildman–Crippen MR) is 88.7 cm³/mol. The van der Waals surface area contributed by atoms with Crippen LogP contribution in [0.2, 0.25) is 0 Å². The lowest BCUT2D eigenvalue weighted by Gasteiger charge is -2.36. The number of nitrogens with zero attached hydrogens (tertiary/aromatic N) is 3. The van der Waals surface area contributed by atoms with Crippen LogP contribution in [0.3, 0.4) is 0 Å². The molecule has 1 amide bonds. The highest BCUT2D eigenvalue weighted by Crippen LogP contribution is 2.31. The molecule has 0 aliphatic carbocycles. The minimum atomic E-state index is -4.38. The van der Waals surface area contributed by atoms with E-state index in [2.05, 4.69) is 4.98 Å². The number of benzene rings is 1. The highest BCUT2D eigenvalue weighted by atomic mass is 19.4. The molecular weight excluding hydrogens is 349 g/mol. The fourth-order valence-electron chi connectivity index (χ4n) is 2.80. The minimum absolute atomic E-state index is 0.185. The lowest BCUT2D eigenvalue weighted by Crippen LogP contribution is -2.49. The van der Waals surface area contributed by atoms with Crippen molar-refractivity contribution in [3.05, 3.63) is 47.7 Å². The van der Waals surface area contributed by atoms with Gasteiger partial charge in [-0.1, -0.05) is 6.07 Å². The Morgan fingerprint density at radius 2 is 1.96 bits per heavy atom.